The fourth-order valence-corrected chi connectivity index (χ4v) is 2.85. The lowest BCUT2D eigenvalue weighted by Crippen LogP contribution is -2.54. The first kappa shape index (κ1) is 12.8. The first-order valence-electron chi connectivity index (χ1n) is 5.33. The quantitative estimate of drug-likeness (QED) is 0.486. The van der Waals surface area contributed by atoms with Crippen molar-refractivity contribution in [3.05, 3.63) is 35.9 Å². The molecule has 17 heavy (non-hydrogen) atoms. The van der Waals surface area contributed by atoms with Gasteiger partial charge in [0.15, 0.2) is 0 Å². The van der Waals surface area contributed by atoms with Crippen molar-refractivity contribution in [2.45, 2.75) is 5.79 Å². The summed E-state index contributed by atoms with van der Waals surface area (Å²) in [7, 11) is 0. The summed E-state index contributed by atoms with van der Waals surface area (Å²) >= 11 is 5.95. The van der Waals surface area contributed by atoms with Crippen molar-refractivity contribution in [3.8, 4) is 0 Å². The smallest absolute Gasteiger partial charge is 0.211 e. The lowest BCUT2D eigenvalue weighted by atomic mass is 10.0. The summed E-state index contributed by atoms with van der Waals surface area (Å²) in [4.78, 5) is 0. The van der Waals surface area contributed by atoms with Crippen molar-refractivity contribution in [2.24, 2.45) is 5.73 Å². The van der Waals surface area contributed by atoms with E-state index in [9.17, 15) is 0 Å². The monoisotopic (exact) mass is 271 g/mol. The molecule has 0 aromatic heterocycles. The van der Waals surface area contributed by atoms with Gasteiger partial charge < -0.3 is 11.1 Å². The maximum Gasteiger partial charge on any atom is 0.211 e. The number of alkyl halides is 1. The average molecular weight is 271 g/mol. The maximum atomic E-state index is 15.1. The van der Waals surface area contributed by atoms with Crippen molar-refractivity contribution in [1.82, 2.24) is 9.62 Å². The highest BCUT2D eigenvalue weighted by molar-refractivity contribution is 8.21. The Labute approximate surface area is 110 Å². The third-order valence-corrected chi connectivity index (χ3v) is 3.76. The number of hydrogen-bond acceptors (Lipinski definition) is 4. The molecule has 92 valence electrons. The van der Waals surface area contributed by atoms with E-state index in [-0.39, 0.29) is 10.9 Å². The predicted molar refractivity (Wildman–Crippen MR) is 73.2 cm³/mol. The van der Waals surface area contributed by atoms with Crippen LogP contribution in [0, 0.1) is 0 Å². The van der Waals surface area contributed by atoms with Crippen LogP contribution in [0.3, 0.4) is 0 Å². The number of thiocarbonyl (C=S) groups is 1. The summed E-state index contributed by atoms with van der Waals surface area (Å²) in [6.45, 7) is 1.54. The van der Waals surface area contributed by atoms with E-state index >= 15 is 4.39 Å². The van der Waals surface area contributed by atoms with Gasteiger partial charge in [-0.15, -0.1) is 0 Å². The molecule has 1 unspecified atom stereocenters. The molecule has 1 heterocycles. The van der Waals surface area contributed by atoms with Gasteiger partial charge in [-0.2, -0.15) is 0 Å². The van der Waals surface area contributed by atoms with Gasteiger partial charge in [-0.1, -0.05) is 42.5 Å². The number of piperazine rings is 1. The fourth-order valence-electron chi connectivity index (χ4n) is 1.87. The molecular weight excluding hydrogens is 257 g/mol. The Hall–Kier alpha value is -0.690. The van der Waals surface area contributed by atoms with E-state index in [4.69, 9.17) is 18.0 Å². The van der Waals surface area contributed by atoms with E-state index in [1.54, 1.807) is 16.4 Å². The number of hydrogen-bond donors (Lipinski definition) is 2. The summed E-state index contributed by atoms with van der Waals surface area (Å²) in [6, 6.07) is 9.08. The molecule has 2 rings (SSSR count). The normalized spacial score (nSPS) is 25.7. The molecule has 0 radical (unpaired) electrons. The molecule has 6 heteroatoms. The van der Waals surface area contributed by atoms with Crippen molar-refractivity contribution in [2.75, 3.05) is 19.6 Å². The minimum Gasteiger partial charge on any atom is -0.384 e. The summed E-state index contributed by atoms with van der Waals surface area (Å²) in [5, 5.41) is 3.06. The van der Waals surface area contributed by atoms with Crippen LogP contribution in [0.2, 0.25) is 0 Å². The Morgan fingerprint density at radius 1 is 1.47 bits per heavy atom. The topological polar surface area (TPSA) is 41.3 Å². The van der Waals surface area contributed by atoms with Crippen molar-refractivity contribution >= 4 is 28.5 Å². The first-order chi connectivity index (χ1) is 8.13. The Morgan fingerprint density at radius 2 is 2.18 bits per heavy atom. The highest BCUT2D eigenvalue weighted by atomic mass is 32.2. The number of halogens is 1. The highest BCUT2D eigenvalue weighted by Crippen LogP contribution is 2.36. The highest BCUT2D eigenvalue weighted by Gasteiger charge is 2.41. The molecule has 1 saturated heterocycles. The van der Waals surface area contributed by atoms with Crippen LogP contribution in [0.5, 0.6) is 0 Å². The maximum absolute atomic E-state index is 15.1. The van der Waals surface area contributed by atoms with Crippen LogP contribution in [0.15, 0.2) is 30.3 Å². The fraction of sp³-hybridized carbons (Fsp3) is 0.364. The van der Waals surface area contributed by atoms with Gasteiger partial charge >= 0.3 is 0 Å². The van der Waals surface area contributed by atoms with E-state index in [1.807, 2.05) is 18.2 Å². The zero-order valence-corrected chi connectivity index (χ0v) is 10.9. The minimum atomic E-state index is -1.56. The van der Waals surface area contributed by atoms with Crippen molar-refractivity contribution in [1.29, 1.82) is 0 Å². The third kappa shape index (κ3) is 2.77. The Bertz CT molecular complexity index is 401. The van der Waals surface area contributed by atoms with Gasteiger partial charge in [0, 0.05) is 25.2 Å². The molecule has 1 aliphatic rings. The number of nitrogens with two attached hydrogens (primary N) is 1. The van der Waals surface area contributed by atoms with Gasteiger partial charge in [-0.05, 0) is 11.9 Å². The van der Waals surface area contributed by atoms with Gasteiger partial charge in [0.2, 0.25) is 5.79 Å². The van der Waals surface area contributed by atoms with Gasteiger partial charge in [0.05, 0.1) is 0 Å². The lowest BCUT2D eigenvalue weighted by Gasteiger charge is -2.40. The number of benzene rings is 1. The Balaban J connectivity index is 2.28. The predicted octanol–water partition coefficient (Wildman–Crippen LogP) is 1.61. The zero-order chi connectivity index (χ0) is 12.3. The van der Waals surface area contributed by atoms with Gasteiger partial charge in [0.1, 0.15) is 4.32 Å². The van der Waals surface area contributed by atoms with E-state index in [0.717, 1.165) is 18.5 Å². The molecule has 1 aliphatic heterocycles. The molecule has 0 bridgehead atoms. The summed E-state index contributed by atoms with van der Waals surface area (Å²) in [5.74, 6) is -1.56. The average Bonchev–Trinajstić information content (AvgIpc) is 2.33. The van der Waals surface area contributed by atoms with E-state index < -0.39 is 5.79 Å². The van der Waals surface area contributed by atoms with Crippen molar-refractivity contribution < 1.29 is 4.39 Å². The molecule has 0 aliphatic carbocycles. The minimum absolute atomic E-state index is 0.241. The molecule has 1 fully saturated rings. The summed E-state index contributed by atoms with van der Waals surface area (Å²) in [6.07, 6.45) is 0. The standard InChI is InChI=1S/C11H14FN3S2/c12-11(9-4-2-1-3-5-9)8-14-6-7-15(11)17-10(13)16/h1-5,14H,6-8H2,(H2,13,16). The molecule has 3 N–H and O–H groups in total. The largest absolute Gasteiger partial charge is 0.384 e. The van der Waals surface area contributed by atoms with Gasteiger partial charge in [-0.25, -0.2) is 8.70 Å². The molecule has 0 spiro atoms. The summed E-state index contributed by atoms with van der Waals surface area (Å²) < 4.78 is 16.9. The molecule has 0 saturated carbocycles. The van der Waals surface area contributed by atoms with E-state index in [2.05, 4.69) is 5.32 Å². The van der Waals surface area contributed by atoms with Crippen LogP contribution in [0.1, 0.15) is 5.56 Å². The van der Waals surface area contributed by atoms with Crippen LogP contribution in [0.25, 0.3) is 0 Å². The third-order valence-electron chi connectivity index (χ3n) is 2.66. The number of nitrogens with one attached hydrogen (secondary N) is 1. The second-order valence-corrected chi connectivity index (χ2v) is 5.58. The molecule has 1 aromatic carbocycles. The van der Waals surface area contributed by atoms with Gasteiger partial charge in [0.25, 0.3) is 0 Å². The lowest BCUT2D eigenvalue weighted by molar-refractivity contribution is 0.0132. The SMILES string of the molecule is NC(=S)SN1CCNCC1(F)c1ccccc1. The Morgan fingerprint density at radius 3 is 2.82 bits per heavy atom. The van der Waals surface area contributed by atoms with Crippen LogP contribution in [0.4, 0.5) is 4.39 Å². The van der Waals surface area contributed by atoms with Crippen LogP contribution in [-0.2, 0) is 5.79 Å². The second kappa shape index (κ2) is 5.30. The number of rotatable bonds is 2. The first-order valence-corrected chi connectivity index (χ1v) is 6.51. The molecule has 0 amide bonds. The molecule has 1 atom stereocenters. The molecule has 3 nitrogen and oxygen atoms in total. The van der Waals surface area contributed by atoms with E-state index in [1.165, 1.54) is 0 Å². The molecular formula is C11H14FN3S2. The van der Waals surface area contributed by atoms with Crippen LogP contribution in [-0.4, -0.2) is 28.3 Å². The second-order valence-electron chi connectivity index (χ2n) is 3.81. The van der Waals surface area contributed by atoms with Crippen LogP contribution >= 0.6 is 24.2 Å². The zero-order valence-electron chi connectivity index (χ0n) is 9.23. The Kier molecular flexibility index (Phi) is 3.98. The number of nitrogens with zero attached hydrogens (tertiary/aromatic N) is 1. The van der Waals surface area contributed by atoms with E-state index in [0.29, 0.717) is 12.1 Å². The van der Waals surface area contributed by atoms with Crippen LogP contribution < -0.4 is 11.1 Å². The molecule has 1 aromatic rings. The summed E-state index contributed by atoms with van der Waals surface area (Å²) in [5.41, 5.74) is 6.11. The van der Waals surface area contributed by atoms with Crippen molar-refractivity contribution in [3.63, 3.8) is 0 Å². The van der Waals surface area contributed by atoms with Gasteiger partial charge in [-0.3, -0.25) is 0 Å².